The Labute approximate surface area is 68.7 Å². The molecule has 1 heterocycles. The Kier molecular flexibility index (Phi) is 2.10. The number of aromatic amines is 1. The second kappa shape index (κ2) is 2.88. The van der Waals surface area contributed by atoms with Crippen LogP contribution in [0.1, 0.15) is 11.3 Å². The van der Waals surface area contributed by atoms with Crippen LogP contribution in [-0.2, 0) is 0 Å². The molecule has 0 aliphatic carbocycles. The summed E-state index contributed by atoms with van der Waals surface area (Å²) in [6.45, 7) is 5.19. The average Bonchev–Trinajstić information content (AvgIpc) is 1.85. The van der Waals surface area contributed by atoms with E-state index >= 15 is 0 Å². The van der Waals surface area contributed by atoms with Gasteiger partial charge in [0.25, 0.3) is 5.56 Å². The van der Waals surface area contributed by atoms with Crippen molar-refractivity contribution in [1.29, 1.82) is 0 Å². The van der Waals surface area contributed by atoms with Crippen LogP contribution >= 0.6 is 11.6 Å². The van der Waals surface area contributed by atoms with Gasteiger partial charge in [0.2, 0.25) is 5.28 Å². The van der Waals surface area contributed by atoms with Gasteiger partial charge in [-0.25, -0.2) is 4.98 Å². The molecule has 1 N–H and O–H groups in total. The van der Waals surface area contributed by atoms with E-state index in [1.807, 2.05) is 0 Å². The molecular weight excluding hydrogens is 164 g/mol. The summed E-state index contributed by atoms with van der Waals surface area (Å²) < 4.78 is 0. The van der Waals surface area contributed by atoms with Crippen LogP contribution in [0.2, 0.25) is 5.28 Å². The van der Waals surface area contributed by atoms with Crippen molar-refractivity contribution >= 4 is 17.7 Å². The standard InChI is InChI=1S/C7H7ClN2O/c1-3-5-4(2)9-7(8)10-6(5)11/h3H,1H2,2H3,(H,9,10,11). The Morgan fingerprint density at radius 1 is 1.73 bits per heavy atom. The van der Waals surface area contributed by atoms with E-state index in [0.717, 1.165) is 0 Å². The minimum Gasteiger partial charge on any atom is -0.297 e. The highest BCUT2D eigenvalue weighted by Gasteiger charge is 2.01. The summed E-state index contributed by atoms with van der Waals surface area (Å²) in [5.41, 5.74) is 0.806. The first-order valence-electron chi connectivity index (χ1n) is 3.04. The van der Waals surface area contributed by atoms with Gasteiger partial charge in [0.15, 0.2) is 0 Å². The first kappa shape index (κ1) is 8.01. The monoisotopic (exact) mass is 170 g/mol. The summed E-state index contributed by atoms with van der Waals surface area (Å²) in [5, 5.41) is 0.109. The Morgan fingerprint density at radius 2 is 2.36 bits per heavy atom. The predicted molar refractivity (Wildman–Crippen MR) is 44.7 cm³/mol. The molecule has 1 aromatic rings. The second-order valence-corrected chi connectivity index (χ2v) is 2.42. The van der Waals surface area contributed by atoms with Crippen LogP contribution in [0.4, 0.5) is 0 Å². The molecule has 0 saturated carbocycles. The Bertz CT molecular complexity index is 343. The molecule has 4 heteroatoms. The normalized spacial score (nSPS) is 9.64. The molecule has 1 aromatic heterocycles. The van der Waals surface area contributed by atoms with Gasteiger partial charge in [-0.2, -0.15) is 0 Å². The molecule has 0 amide bonds. The van der Waals surface area contributed by atoms with Crippen LogP contribution in [0.15, 0.2) is 11.4 Å². The molecular formula is C7H7ClN2O. The number of nitrogens with one attached hydrogen (secondary N) is 1. The summed E-state index contributed by atoms with van der Waals surface area (Å²) in [6, 6.07) is 0. The Morgan fingerprint density at radius 3 is 2.82 bits per heavy atom. The van der Waals surface area contributed by atoms with Crippen LogP contribution in [0.25, 0.3) is 6.08 Å². The van der Waals surface area contributed by atoms with E-state index < -0.39 is 0 Å². The van der Waals surface area contributed by atoms with Crippen LogP contribution < -0.4 is 5.56 Å². The van der Waals surface area contributed by atoms with Gasteiger partial charge in [-0.15, -0.1) is 0 Å². The van der Waals surface area contributed by atoms with E-state index in [-0.39, 0.29) is 10.8 Å². The highest BCUT2D eigenvalue weighted by molar-refractivity contribution is 6.28. The lowest BCUT2D eigenvalue weighted by molar-refractivity contribution is 1.05. The van der Waals surface area contributed by atoms with Gasteiger partial charge in [0, 0.05) is 0 Å². The fraction of sp³-hybridized carbons (Fsp3) is 0.143. The van der Waals surface area contributed by atoms with Gasteiger partial charge in [-0.1, -0.05) is 12.7 Å². The summed E-state index contributed by atoms with van der Waals surface area (Å²) in [6.07, 6.45) is 1.46. The largest absolute Gasteiger partial charge is 0.297 e. The summed E-state index contributed by atoms with van der Waals surface area (Å²) in [7, 11) is 0. The van der Waals surface area contributed by atoms with Crippen LogP contribution in [0.5, 0.6) is 0 Å². The zero-order valence-corrected chi connectivity index (χ0v) is 6.77. The SMILES string of the molecule is C=Cc1c(C)nc(Cl)[nH]c1=O. The zero-order chi connectivity index (χ0) is 8.43. The number of H-pyrrole nitrogens is 1. The van der Waals surface area contributed by atoms with Crippen molar-refractivity contribution in [2.24, 2.45) is 0 Å². The molecule has 0 atom stereocenters. The fourth-order valence-electron chi connectivity index (χ4n) is 0.801. The molecule has 3 nitrogen and oxygen atoms in total. The van der Waals surface area contributed by atoms with Crippen molar-refractivity contribution in [3.63, 3.8) is 0 Å². The van der Waals surface area contributed by atoms with Gasteiger partial charge in [-0.05, 0) is 18.5 Å². The van der Waals surface area contributed by atoms with E-state index in [4.69, 9.17) is 11.6 Å². The van der Waals surface area contributed by atoms with E-state index in [9.17, 15) is 4.79 Å². The van der Waals surface area contributed by atoms with E-state index in [0.29, 0.717) is 11.3 Å². The van der Waals surface area contributed by atoms with Crippen molar-refractivity contribution in [3.05, 3.63) is 33.5 Å². The van der Waals surface area contributed by atoms with Crippen molar-refractivity contribution in [3.8, 4) is 0 Å². The molecule has 11 heavy (non-hydrogen) atoms. The van der Waals surface area contributed by atoms with Gasteiger partial charge in [-0.3, -0.25) is 9.78 Å². The molecule has 58 valence electrons. The van der Waals surface area contributed by atoms with Crippen molar-refractivity contribution in [2.45, 2.75) is 6.92 Å². The lowest BCUT2D eigenvalue weighted by Gasteiger charge is -1.96. The summed E-state index contributed by atoms with van der Waals surface area (Å²) in [4.78, 5) is 17.2. The molecule has 0 unspecified atom stereocenters. The van der Waals surface area contributed by atoms with E-state index in [2.05, 4.69) is 16.5 Å². The summed E-state index contributed by atoms with van der Waals surface area (Å²) >= 11 is 5.48. The molecule has 0 radical (unpaired) electrons. The average molecular weight is 171 g/mol. The number of rotatable bonds is 1. The van der Waals surface area contributed by atoms with Gasteiger partial charge < -0.3 is 0 Å². The van der Waals surface area contributed by atoms with Crippen LogP contribution in [0, 0.1) is 6.92 Å². The number of hydrogen-bond acceptors (Lipinski definition) is 2. The molecule has 0 saturated heterocycles. The van der Waals surface area contributed by atoms with Crippen LogP contribution in [-0.4, -0.2) is 9.97 Å². The highest BCUT2D eigenvalue weighted by Crippen LogP contribution is 2.02. The number of aryl methyl sites for hydroxylation is 1. The van der Waals surface area contributed by atoms with Crippen molar-refractivity contribution in [2.75, 3.05) is 0 Å². The fourth-order valence-corrected chi connectivity index (χ4v) is 1.01. The van der Waals surface area contributed by atoms with Crippen molar-refractivity contribution in [1.82, 2.24) is 9.97 Å². The topological polar surface area (TPSA) is 45.8 Å². The first-order chi connectivity index (χ1) is 5.15. The molecule has 0 fully saturated rings. The maximum atomic E-state index is 11.0. The first-order valence-corrected chi connectivity index (χ1v) is 3.42. The quantitative estimate of drug-likeness (QED) is 0.648. The third kappa shape index (κ3) is 1.49. The molecule has 0 spiro atoms. The summed E-state index contributed by atoms with van der Waals surface area (Å²) in [5.74, 6) is 0. The van der Waals surface area contributed by atoms with Gasteiger partial charge in [0.1, 0.15) is 0 Å². The van der Waals surface area contributed by atoms with Gasteiger partial charge >= 0.3 is 0 Å². The minimum absolute atomic E-state index is 0.109. The predicted octanol–water partition coefficient (Wildman–Crippen LogP) is 1.37. The number of nitrogens with zero attached hydrogens (tertiary/aromatic N) is 1. The number of aromatic nitrogens is 2. The van der Waals surface area contributed by atoms with E-state index in [1.165, 1.54) is 6.08 Å². The Balaban J connectivity index is 3.49. The van der Waals surface area contributed by atoms with Crippen LogP contribution in [0.3, 0.4) is 0 Å². The number of halogens is 1. The molecule has 1 rings (SSSR count). The molecule has 0 aliphatic heterocycles. The second-order valence-electron chi connectivity index (χ2n) is 2.06. The van der Waals surface area contributed by atoms with E-state index in [1.54, 1.807) is 6.92 Å². The third-order valence-electron chi connectivity index (χ3n) is 1.32. The molecule has 0 bridgehead atoms. The molecule has 0 aliphatic rings. The smallest absolute Gasteiger partial charge is 0.259 e. The van der Waals surface area contributed by atoms with Gasteiger partial charge in [0.05, 0.1) is 11.3 Å². The number of hydrogen-bond donors (Lipinski definition) is 1. The van der Waals surface area contributed by atoms with Crippen molar-refractivity contribution < 1.29 is 0 Å². The highest BCUT2D eigenvalue weighted by atomic mass is 35.5. The Hall–Kier alpha value is -1.09. The maximum absolute atomic E-state index is 11.0. The molecule has 0 aromatic carbocycles. The lowest BCUT2D eigenvalue weighted by Crippen LogP contribution is -2.12. The third-order valence-corrected chi connectivity index (χ3v) is 1.50. The minimum atomic E-state index is -0.252. The zero-order valence-electron chi connectivity index (χ0n) is 6.02. The maximum Gasteiger partial charge on any atom is 0.259 e. The lowest BCUT2D eigenvalue weighted by atomic mass is 10.2.